The number of sulfone groups is 1. The summed E-state index contributed by atoms with van der Waals surface area (Å²) in [5, 5.41) is 8.41. The summed E-state index contributed by atoms with van der Waals surface area (Å²) in [5.74, 6) is -0.943. The van der Waals surface area contributed by atoms with Gasteiger partial charge in [-0.25, -0.2) is 8.42 Å². The van der Waals surface area contributed by atoms with E-state index in [1.165, 1.54) is 36.4 Å². The number of Topliss-reactive ketones (excluding diaryl/α,β-unsaturated/α-hetero) is 1. The number of ether oxygens (including phenoxy) is 3. The first-order chi connectivity index (χ1) is 18.0. The summed E-state index contributed by atoms with van der Waals surface area (Å²) >= 11 is 0. The largest absolute Gasteiger partial charge is 0.493 e. The van der Waals surface area contributed by atoms with Crippen LogP contribution in [0.2, 0.25) is 0 Å². The van der Waals surface area contributed by atoms with Crippen LogP contribution in [-0.4, -0.2) is 45.8 Å². The Hall–Kier alpha value is -3.11. The fraction of sp³-hybridized carbons (Fsp3) is 0.429. The van der Waals surface area contributed by atoms with Crippen LogP contribution < -0.4 is 9.47 Å². The highest BCUT2D eigenvalue weighted by molar-refractivity contribution is 7.90. The number of halogens is 2. The van der Waals surface area contributed by atoms with E-state index in [2.05, 4.69) is 11.3 Å². The van der Waals surface area contributed by atoms with Crippen molar-refractivity contribution in [1.82, 2.24) is 0 Å². The Morgan fingerprint density at radius 1 is 1.21 bits per heavy atom. The molecule has 7 nitrogen and oxygen atoms in total. The van der Waals surface area contributed by atoms with E-state index in [0.29, 0.717) is 31.3 Å². The normalized spacial score (nSPS) is 18.0. The highest BCUT2D eigenvalue weighted by Crippen LogP contribution is 2.31. The average molecular weight is 550 g/mol. The molecule has 0 bridgehead atoms. The van der Waals surface area contributed by atoms with E-state index in [1.54, 1.807) is 13.0 Å². The Bertz CT molecular complexity index is 1280. The molecular formula is C28H33F2NO6S. The van der Waals surface area contributed by atoms with Gasteiger partial charge in [0.2, 0.25) is 0 Å². The molecule has 1 fully saturated rings. The van der Waals surface area contributed by atoms with Crippen LogP contribution >= 0.6 is 0 Å². The van der Waals surface area contributed by atoms with E-state index < -0.39 is 21.7 Å². The number of alkyl halides is 2. The van der Waals surface area contributed by atoms with Crippen LogP contribution in [0.25, 0.3) is 0 Å². The third-order valence-electron chi connectivity index (χ3n) is 6.40. The molecular weight excluding hydrogens is 516 g/mol. The van der Waals surface area contributed by atoms with Crippen LogP contribution in [0.5, 0.6) is 11.5 Å². The maximum Gasteiger partial charge on any atom is 0.419 e. The first kappa shape index (κ1) is 29.4. The predicted molar refractivity (Wildman–Crippen MR) is 140 cm³/mol. The van der Waals surface area contributed by atoms with E-state index in [1.807, 2.05) is 6.92 Å². The van der Waals surface area contributed by atoms with Crippen molar-refractivity contribution in [3.05, 3.63) is 66.2 Å². The Morgan fingerprint density at radius 3 is 2.66 bits per heavy atom. The fourth-order valence-electron chi connectivity index (χ4n) is 4.44. The molecule has 0 aromatic heterocycles. The van der Waals surface area contributed by atoms with E-state index in [0.717, 1.165) is 6.42 Å². The number of rotatable bonds is 13. The van der Waals surface area contributed by atoms with Gasteiger partial charge >= 0.3 is 6.11 Å². The van der Waals surface area contributed by atoms with Gasteiger partial charge in [-0.2, -0.15) is 8.78 Å². The van der Waals surface area contributed by atoms with Crippen LogP contribution in [0.15, 0.2) is 60.0 Å². The minimum absolute atomic E-state index is 0.0402. The number of hydrogen-bond acceptors (Lipinski definition) is 7. The minimum Gasteiger partial charge on any atom is -0.493 e. The molecule has 206 valence electrons. The van der Waals surface area contributed by atoms with Gasteiger partial charge in [-0.05, 0) is 54.7 Å². The minimum atomic E-state index is -3.94. The second-order valence-corrected chi connectivity index (χ2v) is 11.1. The molecule has 2 atom stereocenters. The Morgan fingerprint density at radius 2 is 1.97 bits per heavy atom. The zero-order chi connectivity index (χ0) is 27.9. The van der Waals surface area contributed by atoms with E-state index in [4.69, 9.17) is 14.9 Å². The number of carbonyl (C=O) groups is 1. The van der Waals surface area contributed by atoms with Gasteiger partial charge in [0.25, 0.3) is 0 Å². The topological polar surface area (TPSA) is 103 Å². The standard InChI is InChI=1S/C28H33F2NO6S/c1-4-21-17-35-13-12-23(21)27(32)24(31)15-19-10-11-26(25(16-19)36-6-3)38(33,34)18-20-8-7-9-22(14-20)37-28(29,30)5-2/h5,7-11,14,16,21,23,31H,2,4,6,12-13,15,17-18H2,1,3H3/t21-,23+/m1/s1. The fourth-order valence-corrected chi connectivity index (χ4v) is 5.92. The van der Waals surface area contributed by atoms with Crippen molar-refractivity contribution in [3.63, 3.8) is 0 Å². The van der Waals surface area contributed by atoms with Crippen LogP contribution in [0.4, 0.5) is 8.78 Å². The van der Waals surface area contributed by atoms with Crippen molar-refractivity contribution in [2.75, 3.05) is 19.8 Å². The Balaban J connectivity index is 1.80. The van der Waals surface area contributed by atoms with Gasteiger partial charge in [-0.1, -0.05) is 38.1 Å². The third kappa shape index (κ3) is 7.48. The molecule has 0 aliphatic carbocycles. The summed E-state index contributed by atoms with van der Waals surface area (Å²) in [6.07, 6.45) is -1.82. The van der Waals surface area contributed by atoms with Crippen molar-refractivity contribution < 1.29 is 36.2 Å². The highest BCUT2D eigenvalue weighted by atomic mass is 32.2. The van der Waals surface area contributed by atoms with Crippen LogP contribution in [0.3, 0.4) is 0 Å². The monoisotopic (exact) mass is 549 g/mol. The molecule has 0 saturated carbocycles. The van der Waals surface area contributed by atoms with E-state index in [9.17, 15) is 22.0 Å². The predicted octanol–water partition coefficient (Wildman–Crippen LogP) is 5.41. The van der Waals surface area contributed by atoms with Crippen LogP contribution in [0.1, 0.15) is 37.8 Å². The Kier molecular flexibility index (Phi) is 9.78. The molecule has 0 spiro atoms. The lowest BCUT2D eigenvalue weighted by Gasteiger charge is -2.29. The molecule has 3 rings (SSSR count). The molecule has 1 heterocycles. The summed E-state index contributed by atoms with van der Waals surface area (Å²) in [4.78, 5) is 12.9. The zero-order valence-corrected chi connectivity index (χ0v) is 22.4. The molecule has 2 aromatic rings. The number of carbonyl (C=O) groups excluding carboxylic acids is 1. The van der Waals surface area contributed by atoms with Crippen molar-refractivity contribution in [1.29, 1.82) is 5.41 Å². The number of benzene rings is 2. The summed E-state index contributed by atoms with van der Waals surface area (Å²) in [6, 6.07) is 9.94. The lowest BCUT2D eigenvalue weighted by molar-refractivity contribution is -0.131. The summed E-state index contributed by atoms with van der Waals surface area (Å²) in [7, 11) is -3.94. The second-order valence-electron chi connectivity index (χ2n) is 9.15. The van der Waals surface area contributed by atoms with Crippen molar-refractivity contribution in [2.45, 2.75) is 49.9 Å². The molecule has 0 unspecified atom stereocenters. The quantitative estimate of drug-likeness (QED) is 0.265. The number of nitrogens with one attached hydrogen (secondary N) is 1. The summed E-state index contributed by atoms with van der Waals surface area (Å²) in [6.45, 7) is 7.93. The lowest BCUT2D eigenvalue weighted by atomic mass is 9.81. The highest BCUT2D eigenvalue weighted by Gasteiger charge is 2.32. The van der Waals surface area contributed by atoms with Crippen molar-refractivity contribution >= 4 is 21.3 Å². The molecule has 1 saturated heterocycles. The Labute approximate surface area is 222 Å². The number of ketones is 1. The maximum absolute atomic E-state index is 13.5. The summed E-state index contributed by atoms with van der Waals surface area (Å²) < 4.78 is 69.2. The second kappa shape index (κ2) is 12.6. The van der Waals surface area contributed by atoms with Gasteiger partial charge in [-0.15, -0.1) is 0 Å². The van der Waals surface area contributed by atoms with Gasteiger partial charge in [0.15, 0.2) is 15.6 Å². The SMILES string of the molecule is C=CC(F)(F)Oc1cccc(CS(=O)(=O)c2ccc(CC(=N)C(=O)[C@H]3CCOC[C@H]3CC)cc2OCC)c1. The van der Waals surface area contributed by atoms with Crippen molar-refractivity contribution in [2.24, 2.45) is 11.8 Å². The van der Waals surface area contributed by atoms with Gasteiger partial charge in [0, 0.05) is 25.0 Å². The molecule has 38 heavy (non-hydrogen) atoms. The molecule has 10 heteroatoms. The van der Waals surface area contributed by atoms with E-state index >= 15 is 0 Å². The maximum atomic E-state index is 13.5. The third-order valence-corrected chi connectivity index (χ3v) is 8.12. The van der Waals surface area contributed by atoms with Crippen molar-refractivity contribution in [3.8, 4) is 11.5 Å². The number of hydrogen-bond donors (Lipinski definition) is 1. The zero-order valence-electron chi connectivity index (χ0n) is 21.5. The molecule has 1 N–H and O–H groups in total. The molecule has 1 aliphatic rings. The first-order valence-electron chi connectivity index (χ1n) is 12.5. The van der Waals surface area contributed by atoms with Crippen LogP contribution in [0, 0.1) is 17.2 Å². The molecule has 1 aliphatic heterocycles. The van der Waals surface area contributed by atoms with Crippen LogP contribution in [-0.2, 0) is 31.5 Å². The van der Waals surface area contributed by atoms with Gasteiger partial charge in [0.05, 0.1) is 24.7 Å². The van der Waals surface area contributed by atoms with E-state index in [-0.39, 0.29) is 58.3 Å². The average Bonchev–Trinajstić information content (AvgIpc) is 2.88. The van der Waals surface area contributed by atoms with Gasteiger partial charge in [0.1, 0.15) is 16.4 Å². The van der Waals surface area contributed by atoms with Gasteiger partial charge in [-0.3, -0.25) is 4.79 Å². The molecule has 0 amide bonds. The first-order valence-corrected chi connectivity index (χ1v) is 14.1. The molecule has 2 aromatic carbocycles. The smallest absolute Gasteiger partial charge is 0.419 e. The van der Waals surface area contributed by atoms with Gasteiger partial charge < -0.3 is 19.6 Å². The summed E-state index contributed by atoms with van der Waals surface area (Å²) in [5.41, 5.74) is 0.789. The molecule has 0 radical (unpaired) electrons. The lowest BCUT2D eigenvalue weighted by Crippen LogP contribution is -2.36.